The van der Waals surface area contributed by atoms with Crippen LogP contribution in [0.2, 0.25) is 0 Å². The summed E-state index contributed by atoms with van der Waals surface area (Å²) in [6.45, 7) is 8.01. The van der Waals surface area contributed by atoms with Crippen LogP contribution in [0.5, 0.6) is 0 Å². The number of anilines is 1. The van der Waals surface area contributed by atoms with E-state index in [2.05, 4.69) is 26.1 Å². The standard InChI is InChI=1S/C17H24N2O2/c1-17(2,3)13-6-8-14(9-7-13)18-15(20)12-16(21)19-10-4-5-11-19/h6-9H,4-5,10-12H2,1-3H3,(H,18,20). The smallest absolute Gasteiger partial charge is 0.233 e. The summed E-state index contributed by atoms with van der Waals surface area (Å²) in [5, 5.41) is 2.79. The quantitative estimate of drug-likeness (QED) is 0.869. The molecule has 0 aliphatic carbocycles. The van der Waals surface area contributed by atoms with E-state index in [4.69, 9.17) is 0 Å². The van der Waals surface area contributed by atoms with Gasteiger partial charge >= 0.3 is 0 Å². The molecule has 2 amide bonds. The monoisotopic (exact) mass is 288 g/mol. The van der Waals surface area contributed by atoms with E-state index in [9.17, 15) is 9.59 Å². The van der Waals surface area contributed by atoms with E-state index < -0.39 is 0 Å². The lowest BCUT2D eigenvalue weighted by atomic mass is 9.87. The Morgan fingerprint density at radius 3 is 2.19 bits per heavy atom. The largest absolute Gasteiger partial charge is 0.342 e. The normalized spacial score (nSPS) is 15.1. The number of amides is 2. The van der Waals surface area contributed by atoms with Crippen LogP contribution in [0.4, 0.5) is 5.69 Å². The minimum absolute atomic E-state index is 0.0684. The molecule has 0 spiro atoms. The highest BCUT2D eigenvalue weighted by molar-refractivity contribution is 6.03. The van der Waals surface area contributed by atoms with Crippen LogP contribution < -0.4 is 5.32 Å². The SMILES string of the molecule is CC(C)(C)c1ccc(NC(=O)CC(=O)N2CCCC2)cc1. The van der Waals surface area contributed by atoms with Crippen molar-refractivity contribution in [2.45, 2.75) is 45.4 Å². The minimum Gasteiger partial charge on any atom is -0.342 e. The van der Waals surface area contributed by atoms with Gasteiger partial charge in [0, 0.05) is 18.8 Å². The van der Waals surface area contributed by atoms with Gasteiger partial charge in [-0.2, -0.15) is 0 Å². The fraction of sp³-hybridized carbons (Fsp3) is 0.529. The summed E-state index contributed by atoms with van der Waals surface area (Å²) in [6, 6.07) is 7.80. The second-order valence-corrected chi connectivity index (χ2v) is 6.64. The molecule has 1 aliphatic rings. The molecule has 4 heteroatoms. The van der Waals surface area contributed by atoms with E-state index in [-0.39, 0.29) is 23.7 Å². The van der Waals surface area contributed by atoms with Gasteiger partial charge in [0.1, 0.15) is 6.42 Å². The van der Waals surface area contributed by atoms with Gasteiger partial charge in [-0.15, -0.1) is 0 Å². The first-order valence-electron chi connectivity index (χ1n) is 7.54. The first-order chi connectivity index (χ1) is 9.86. The Labute approximate surface area is 126 Å². The van der Waals surface area contributed by atoms with Crippen molar-refractivity contribution in [3.05, 3.63) is 29.8 Å². The van der Waals surface area contributed by atoms with Crippen molar-refractivity contribution in [1.29, 1.82) is 0 Å². The minimum atomic E-state index is -0.240. The van der Waals surface area contributed by atoms with Crippen LogP contribution in [-0.4, -0.2) is 29.8 Å². The number of nitrogens with one attached hydrogen (secondary N) is 1. The molecule has 2 rings (SSSR count). The molecule has 0 atom stereocenters. The van der Waals surface area contributed by atoms with Crippen LogP contribution >= 0.6 is 0 Å². The molecular formula is C17H24N2O2. The fourth-order valence-electron chi connectivity index (χ4n) is 2.47. The highest BCUT2D eigenvalue weighted by Crippen LogP contribution is 2.23. The van der Waals surface area contributed by atoms with Gasteiger partial charge in [-0.25, -0.2) is 0 Å². The van der Waals surface area contributed by atoms with Gasteiger partial charge in [0.2, 0.25) is 11.8 Å². The number of hydrogen-bond donors (Lipinski definition) is 1. The lowest BCUT2D eigenvalue weighted by Crippen LogP contribution is -2.31. The van der Waals surface area contributed by atoms with Crippen molar-refractivity contribution in [2.75, 3.05) is 18.4 Å². The van der Waals surface area contributed by atoms with Gasteiger partial charge in [-0.05, 0) is 36.0 Å². The number of hydrogen-bond acceptors (Lipinski definition) is 2. The van der Waals surface area contributed by atoms with Crippen LogP contribution in [0, 0.1) is 0 Å². The van der Waals surface area contributed by atoms with Crippen molar-refractivity contribution in [1.82, 2.24) is 4.90 Å². The summed E-state index contributed by atoms with van der Waals surface area (Å²) < 4.78 is 0. The lowest BCUT2D eigenvalue weighted by molar-refractivity contribution is -0.133. The Morgan fingerprint density at radius 1 is 1.10 bits per heavy atom. The Morgan fingerprint density at radius 2 is 1.67 bits per heavy atom. The molecule has 0 unspecified atom stereocenters. The van der Waals surface area contributed by atoms with Crippen molar-refractivity contribution in [3.8, 4) is 0 Å². The number of carbonyl (C=O) groups is 2. The fourth-order valence-corrected chi connectivity index (χ4v) is 2.47. The Kier molecular flexibility index (Phi) is 4.66. The predicted molar refractivity (Wildman–Crippen MR) is 84.2 cm³/mol. The summed E-state index contributed by atoms with van der Waals surface area (Å²) in [6.07, 6.45) is 2.02. The number of benzene rings is 1. The number of rotatable bonds is 3. The molecule has 1 aromatic carbocycles. The zero-order chi connectivity index (χ0) is 15.5. The van der Waals surface area contributed by atoms with Crippen LogP contribution in [-0.2, 0) is 15.0 Å². The summed E-state index contributed by atoms with van der Waals surface area (Å²) >= 11 is 0. The molecule has 1 saturated heterocycles. The molecule has 0 aromatic heterocycles. The highest BCUT2D eigenvalue weighted by atomic mass is 16.2. The van der Waals surface area contributed by atoms with Gasteiger partial charge < -0.3 is 10.2 Å². The molecule has 1 aliphatic heterocycles. The van der Waals surface area contributed by atoms with E-state index in [1.807, 2.05) is 24.3 Å². The second-order valence-electron chi connectivity index (χ2n) is 6.64. The average molecular weight is 288 g/mol. The van der Waals surface area contributed by atoms with Crippen molar-refractivity contribution >= 4 is 17.5 Å². The molecule has 114 valence electrons. The first-order valence-corrected chi connectivity index (χ1v) is 7.54. The molecule has 21 heavy (non-hydrogen) atoms. The van der Waals surface area contributed by atoms with E-state index in [0.717, 1.165) is 31.6 Å². The molecule has 0 bridgehead atoms. The van der Waals surface area contributed by atoms with Crippen LogP contribution in [0.3, 0.4) is 0 Å². The van der Waals surface area contributed by atoms with Crippen molar-refractivity contribution in [3.63, 3.8) is 0 Å². The summed E-state index contributed by atoms with van der Waals surface area (Å²) in [7, 11) is 0. The average Bonchev–Trinajstić information content (AvgIpc) is 2.92. The molecule has 4 nitrogen and oxygen atoms in total. The maximum atomic E-state index is 11.9. The molecule has 0 radical (unpaired) electrons. The van der Waals surface area contributed by atoms with E-state index >= 15 is 0 Å². The van der Waals surface area contributed by atoms with Crippen molar-refractivity contribution in [2.24, 2.45) is 0 Å². The zero-order valence-electron chi connectivity index (χ0n) is 13.1. The number of likely N-dealkylation sites (tertiary alicyclic amines) is 1. The van der Waals surface area contributed by atoms with E-state index in [1.165, 1.54) is 5.56 Å². The van der Waals surface area contributed by atoms with Crippen LogP contribution in [0.25, 0.3) is 0 Å². The van der Waals surface area contributed by atoms with E-state index in [1.54, 1.807) is 4.90 Å². The van der Waals surface area contributed by atoms with Crippen LogP contribution in [0.15, 0.2) is 24.3 Å². The van der Waals surface area contributed by atoms with Gasteiger partial charge in [0.15, 0.2) is 0 Å². The summed E-state index contributed by atoms with van der Waals surface area (Å²) in [4.78, 5) is 25.6. The Balaban J connectivity index is 1.89. The summed E-state index contributed by atoms with van der Waals surface area (Å²) in [5.41, 5.74) is 2.05. The molecule has 0 saturated carbocycles. The lowest BCUT2D eigenvalue weighted by Gasteiger charge is -2.19. The van der Waals surface area contributed by atoms with Crippen LogP contribution in [0.1, 0.15) is 45.6 Å². The predicted octanol–water partition coefficient (Wildman–Crippen LogP) is 2.94. The Bertz CT molecular complexity index is 509. The van der Waals surface area contributed by atoms with Crippen molar-refractivity contribution < 1.29 is 9.59 Å². The van der Waals surface area contributed by atoms with Gasteiger partial charge in [-0.1, -0.05) is 32.9 Å². The maximum absolute atomic E-state index is 11.9. The number of nitrogens with zero attached hydrogens (tertiary/aromatic N) is 1. The topological polar surface area (TPSA) is 49.4 Å². The first kappa shape index (κ1) is 15.5. The van der Waals surface area contributed by atoms with Gasteiger partial charge in [0.25, 0.3) is 0 Å². The summed E-state index contributed by atoms with van der Waals surface area (Å²) in [5.74, 6) is -0.313. The van der Waals surface area contributed by atoms with E-state index in [0.29, 0.717) is 0 Å². The third-order valence-corrected chi connectivity index (χ3v) is 3.81. The molecule has 1 aromatic rings. The second kappa shape index (κ2) is 6.29. The maximum Gasteiger partial charge on any atom is 0.233 e. The third-order valence-electron chi connectivity index (χ3n) is 3.81. The van der Waals surface area contributed by atoms with Gasteiger partial charge in [-0.3, -0.25) is 9.59 Å². The zero-order valence-corrected chi connectivity index (χ0v) is 13.1. The molecule has 1 heterocycles. The Hall–Kier alpha value is -1.84. The molecule has 1 N–H and O–H groups in total. The van der Waals surface area contributed by atoms with Gasteiger partial charge in [0.05, 0.1) is 0 Å². The molecule has 1 fully saturated rings. The molecular weight excluding hydrogens is 264 g/mol. The third kappa shape index (κ3) is 4.31. The highest BCUT2D eigenvalue weighted by Gasteiger charge is 2.20. The number of carbonyl (C=O) groups excluding carboxylic acids is 2.